The van der Waals surface area contributed by atoms with Crippen LogP contribution >= 0.6 is 11.8 Å². The molecule has 0 unspecified atom stereocenters. The van der Waals surface area contributed by atoms with Crippen LogP contribution in [0.4, 0.5) is 17.1 Å². The number of rotatable bonds is 6. The zero-order valence-electron chi connectivity index (χ0n) is 18.0. The minimum absolute atomic E-state index is 0.0218. The number of benzene rings is 3. The molecule has 33 heavy (non-hydrogen) atoms. The van der Waals surface area contributed by atoms with Gasteiger partial charge in [0.2, 0.25) is 5.91 Å². The molecule has 1 aliphatic heterocycles. The second kappa shape index (κ2) is 9.33. The van der Waals surface area contributed by atoms with Crippen molar-refractivity contribution < 1.29 is 19.2 Å². The summed E-state index contributed by atoms with van der Waals surface area (Å²) in [4.78, 5) is 37.5. The van der Waals surface area contributed by atoms with E-state index in [0.29, 0.717) is 22.8 Å². The van der Waals surface area contributed by atoms with Gasteiger partial charge in [0.1, 0.15) is 11.1 Å². The molecule has 0 saturated carbocycles. The molecule has 4 rings (SSSR count). The fourth-order valence-corrected chi connectivity index (χ4v) is 4.75. The number of carbonyl (C=O) groups excluding carboxylic acids is 2. The summed E-state index contributed by atoms with van der Waals surface area (Å²) in [6, 6.07) is 18.9. The molecule has 9 heteroatoms. The number of nitrogens with zero attached hydrogens (tertiary/aromatic N) is 2. The summed E-state index contributed by atoms with van der Waals surface area (Å²) in [6.07, 6.45) is 0. The van der Waals surface area contributed by atoms with E-state index in [0.717, 1.165) is 11.3 Å². The van der Waals surface area contributed by atoms with E-state index >= 15 is 0 Å². The lowest BCUT2D eigenvalue weighted by atomic mass is 10.1. The Morgan fingerprint density at radius 3 is 2.45 bits per heavy atom. The average molecular weight is 464 g/mol. The van der Waals surface area contributed by atoms with Gasteiger partial charge in [0.25, 0.3) is 11.6 Å². The second-order valence-electron chi connectivity index (χ2n) is 7.46. The number of thioether (sulfide) groups is 1. The number of nitro groups is 1. The minimum atomic E-state index is -0.504. The van der Waals surface area contributed by atoms with Gasteiger partial charge in [-0.05, 0) is 55.0 Å². The van der Waals surface area contributed by atoms with Crippen LogP contribution in [0, 0.1) is 17.0 Å². The number of ether oxygens (including phenoxy) is 1. The van der Waals surface area contributed by atoms with Crippen LogP contribution in [0.1, 0.15) is 26.9 Å². The molecule has 1 heterocycles. The highest BCUT2D eigenvalue weighted by molar-refractivity contribution is 8.00. The number of nitrogens with one attached hydrogen (secondary N) is 1. The molecule has 1 saturated heterocycles. The van der Waals surface area contributed by atoms with Crippen molar-refractivity contribution >= 4 is 40.6 Å². The summed E-state index contributed by atoms with van der Waals surface area (Å²) in [5.41, 5.74) is 2.86. The van der Waals surface area contributed by atoms with E-state index in [-0.39, 0.29) is 22.5 Å². The highest BCUT2D eigenvalue weighted by Gasteiger charge is 2.34. The quantitative estimate of drug-likeness (QED) is 0.410. The van der Waals surface area contributed by atoms with E-state index in [1.165, 1.54) is 17.8 Å². The molecule has 1 N–H and O–H groups in total. The molecule has 1 fully saturated rings. The Hall–Kier alpha value is -3.85. The Labute approximate surface area is 194 Å². The van der Waals surface area contributed by atoms with Gasteiger partial charge in [0.15, 0.2) is 0 Å². The first kappa shape index (κ1) is 22.3. The Kier molecular flexibility index (Phi) is 6.32. The molecule has 1 atom stereocenters. The maximum absolute atomic E-state index is 12.6. The van der Waals surface area contributed by atoms with Gasteiger partial charge in [-0.2, -0.15) is 0 Å². The van der Waals surface area contributed by atoms with Crippen molar-refractivity contribution in [3.8, 4) is 5.75 Å². The molecule has 0 aliphatic carbocycles. The Balaban J connectivity index is 1.50. The Morgan fingerprint density at radius 1 is 1.12 bits per heavy atom. The normalized spacial score (nSPS) is 15.4. The fourth-order valence-electron chi connectivity index (χ4n) is 3.57. The molecule has 0 radical (unpaired) electrons. The highest BCUT2D eigenvalue weighted by atomic mass is 32.2. The van der Waals surface area contributed by atoms with E-state index in [2.05, 4.69) is 5.32 Å². The molecule has 3 aromatic carbocycles. The van der Waals surface area contributed by atoms with Crippen molar-refractivity contribution in [1.29, 1.82) is 0 Å². The third-order valence-corrected chi connectivity index (χ3v) is 6.55. The maximum atomic E-state index is 12.6. The molecule has 2 amide bonds. The zero-order valence-corrected chi connectivity index (χ0v) is 18.8. The predicted molar refractivity (Wildman–Crippen MR) is 128 cm³/mol. The smallest absolute Gasteiger partial charge is 0.273 e. The molecule has 0 aromatic heterocycles. The average Bonchev–Trinajstić information content (AvgIpc) is 3.21. The van der Waals surface area contributed by atoms with Gasteiger partial charge in [-0.3, -0.25) is 24.6 Å². The second-order valence-corrected chi connectivity index (χ2v) is 8.53. The van der Waals surface area contributed by atoms with Crippen LogP contribution < -0.4 is 15.0 Å². The number of aryl methyl sites for hydroxylation is 1. The van der Waals surface area contributed by atoms with E-state index in [4.69, 9.17) is 4.74 Å². The van der Waals surface area contributed by atoms with Crippen molar-refractivity contribution in [2.45, 2.75) is 12.3 Å². The monoisotopic (exact) mass is 463 g/mol. The van der Waals surface area contributed by atoms with Crippen molar-refractivity contribution in [2.75, 3.05) is 23.1 Å². The van der Waals surface area contributed by atoms with Crippen LogP contribution in [0.15, 0.2) is 66.7 Å². The molecule has 3 aromatic rings. The van der Waals surface area contributed by atoms with Gasteiger partial charge in [0, 0.05) is 28.6 Å². The van der Waals surface area contributed by atoms with Crippen LogP contribution in [0.25, 0.3) is 0 Å². The topological polar surface area (TPSA) is 102 Å². The predicted octanol–water partition coefficient (Wildman–Crippen LogP) is 4.94. The SMILES string of the molecule is COc1ccc(N2C(=O)CS[C@H]2c2ccc(NC(=O)c3ccc(C)c([N+](=O)[O-])c3)cc2)cc1. The number of hydrogen-bond donors (Lipinski definition) is 1. The number of nitro benzene ring substituents is 1. The van der Waals surface area contributed by atoms with Crippen LogP contribution in [-0.4, -0.2) is 29.6 Å². The van der Waals surface area contributed by atoms with Gasteiger partial charge in [-0.1, -0.05) is 18.2 Å². The molecule has 1 aliphatic rings. The largest absolute Gasteiger partial charge is 0.497 e. The number of carbonyl (C=O) groups is 2. The lowest BCUT2D eigenvalue weighted by Crippen LogP contribution is -2.27. The van der Waals surface area contributed by atoms with Crippen molar-refractivity contribution in [3.05, 3.63) is 93.5 Å². The third-order valence-electron chi connectivity index (χ3n) is 5.34. The van der Waals surface area contributed by atoms with E-state index in [9.17, 15) is 19.7 Å². The summed E-state index contributed by atoms with van der Waals surface area (Å²) >= 11 is 1.53. The summed E-state index contributed by atoms with van der Waals surface area (Å²) in [6.45, 7) is 1.62. The molecule has 168 valence electrons. The van der Waals surface area contributed by atoms with Crippen LogP contribution in [0.2, 0.25) is 0 Å². The van der Waals surface area contributed by atoms with Gasteiger partial charge in [-0.15, -0.1) is 11.8 Å². The summed E-state index contributed by atoms with van der Waals surface area (Å²) in [7, 11) is 1.59. The van der Waals surface area contributed by atoms with Gasteiger partial charge in [-0.25, -0.2) is 0 Å². The highest BCUT2D eigenvalue weighted by Crippen LogP contribution is 2.42. The third kappa shape index (κ3) is 4.68. The first-order valence-electron chi connectivity index (χ1n) is 10.1. The number of hydrogen-bond acceptors (Lipinski definition) is 6. The molecule has 0 bridgehead atoms. The van der Waals surface area contributed by atoms with Crippen molar-refractivity contribution in [1.82, 2.24) is 0 Å². The lowest BCUT2D eigenvalue weighted by molar-refractivity contribution is -0.385. The van der Waals surface area contributed by atoms with Gasteiger partial charge < -0.3 is 10.1 Å². The lowest BCUT2D eigenvalue weighted by Gasteiger charge is -2.24. The van der Waals surface area contributed by atoms with Crippen molar-refractivity contribution in [3.63, 3.8) is 0 Å². The molecular formula is C24H21N3O5S. The molecule has 8 nitrogen and oxygen atoms in total. The molecule has 0 spiro atoms. The first-order valence-corrected chi connectivity index (χ1v) is 11.2. The van der Waals surface area contributed by atoms with Crippen molar-refractivity contribution in [2.24, 2.45) is 0 Å². The van der Waals surface area contributed by atoms with Gasteiger partial charge >= 0.3 is 0 Å². The van der Waals surface area contributed by atoms with E-state index < -0.39 is 10.8 Å². The van der Waals surface area contributed by atoms with Crippen LogP contribution in [0.3, 0.4) is 0 Å². The fraction of sp³-hybridized carbons (Fsp3) is 0.167. The Morgan fingerprint density at radius 2 is 1.82 bits per heavy atom. The number of amides is 2. The van der Waals surface area contributed by atoms with E-state index in [1.54, 1.807) is 43.2 Å². The van der Waals surface area contributed by atoms with Crippen LogP contribution in [-0.2, 0) is 4.79 Å². The molecular weight excluding hydrogens is 442 g/mol. The maximum Gasteiger partial charge on any atom is 0.273 e. The number of anilines is 2. The zero-order chi connectivity index (χ0) is 23.5. The standard InChI is InChI=1S/C24H21N3O5S/c1-15-3-4-17(13-21(15)27(30)31)23(29)25-18-7-5-16(6-8-18)24-26(22(28)14-33-24)19-9-11-20(32-2)12-10-19/h3-13,24H,14H2,1-2H3,(H,25,29)/t24-/m0/s1. The van der Waals surface area contributed by atoms with E-state index in [1.807, 2.05) is 36.4 Å². The summed E-state index contributed by atoms with van der Waals surface area (Å²) in [5.74, 6) is 0.680. The Bertz CT molecular complexity index is 1210. The van der Waals surface area contributed by atoms with Gasteiger partial charge in [0.05, 0.1) is 17.8 Å². The number of methoxy groups -OCH3 is 1. The van der Waals surface area contributed by atoms with Crippen LogP contribution in [0.5, 0.6) is 5.75 Å². The summed E-state index contributed by atoms with van der Waals surface area (Å²) < 4.78 is 5.19. The summed E-state index contributed by atoms with van der Waals surface area (Å²) in [5, 5.41) is 13.7. The minimum Gasteiger partial charge on any atom is -0.497 e. The first-order chi connectivity index (χ1) is 15.9.